The number of nitrogens with one attached hydrogen (secondary N) is 3. The fraction of sp³-hybridized carbons (Fsp3) is 0.818. The zero-order valence-corrected chi connectivity index (χ0v) is 10.2. The molecule has 6 heteroatoms. The van der Waals surface area contributed by atoms with Gasteiger partial charge in [0.2, 0.25) is 11.8 Å². The summed E-state index contributed by atoms with van der Waals surface area (Å²) in [5.74, 6) is 0.120. The number of amides is 2. The maximum absolute atomic E-state index is 11.9. The highest BCUT2D eigenvalue weighted by atomic mass is 16.2. The van der Waals surface area contributed by atoms with Crippen molar-refractivity contribution in [3.8, 4) is 0 Å². The lowest BCUT2D eigenvalue weighted by Crippen LogP contribution is -2.53. The standard InChI is InChI=1S/C11H20N4O2/c1-6(12)9(16)14-7(2)10(17)15-11-3-8(11)4-13-5-11/h6-8,13H,3-5,12H2,1-2H3,(H,14,16)(H,15,17)/t6-,7-,8?,11?/m0/s1. The number of nitrogens with two attached hydrogens (primary N) is 1. The van der Waals surface area contributed by atoms with Gasteiger partial charge < -0.3 is 21.7 Å². The molecule has 96 valence electrons. The van der Waals surface area contributed by atoms with Gasteiger partial charge in [0.15, 0.2) is 0 Å². The van der Waals surface area contributed by atoms with Gasteiger partial charge >= 0.3 is 0 Å². The topological polar surface area (TPSA) is 96.2 Å². The summed E-state index contributed by atoms with van der Waals surface area (Å²) in [5.41, 5.74) is 5.38. The van der Waals surface area contributed by atoms with Crippen LogP contribution in [0.15, 0.2) is 0 Å². The molecule has 17 heavy (non-hydrogen) atoms. The molecule has 0 aromatic heterocycles. The molecule has 1 saturated carbocycles. The number of carbonyl (C=O) groups excluding carboxylic acids is 2. The molecule has 1 heterocycles. The van der Waals surface area contributed by atoms with Gasteiger partial charge in [0.1, 0.15) is 6.04 Å². The third-order valence-corrected chi connectivity index (χ3v) is 3.60. The second-order valence-corrected chi connectivity index (χ2v) is 5.20. The SMILES string of the molecule is C[C@H](N)C(=O)N[C@@H](C)C(=O)NC12CNCC1C2. The largest absolute Gasteiger partial charge is 0.347 e. The molecule has 0 bridgehead atoms. The number of carbonyl (C=O) groups is 2. The summed E-state index contributed by atoms with van der Waals surface area (Å²) in [4.78, 5) is 23.3. The van der Waals surface area contributed by atoms with Crippen molar-refractivity contribution in [3.63, 3.8) is 0 Å². The van der Waals surface area contributed by atoms with Crippen LogP contribution < -0.4 is 21.7 Å². The number of fused-ring (bicyclic) bond motifs is 1. The van der Waals surface area contributed by atoms with Gasteiger partial charge in [-0.15, -0.1) is 0 Å². The second kappa shape index (κ2) is 4.27. The van der Waals surface area contributed by atoms with Crippen molar-refractivity contribution in [2.45, 2.75) is 37.9 Å². The van der Waals surface area contributed by atoms with E-state index in [2.05, 4.69) is 16.0 Å². The average molecular weight is 240 g/mol. The molecule has 2 unspecified atom stereocenters. The van der Waals surface area contributed by atoms with Crippen LogP contribution in [0.2, 0.25) is 0 Å². The lowest BCUT2D eigenvalue weighted by atomic mass is 10.2. The van der Waals surface area contributed by atoms with Crippen LogP contribution in [0.3, 0.4) is 0 Å². The molecule has 5 N–H and O–H groups in total. The van der Waals surface area contributed by atoms with E-state index in [1.165, 1.54) is 0 Å². The van der Waals surface area contributed by atoms with Crippen LogP contribution in [0.4, 0.5) is 0 Å². The van der Waals surface area contributed by atoms with Crippen molar-refractivity contribution < 1.29 is 9.59 Å². The van der Waals surface area contributed by atoms with Gasteiger partial charge in [-0.2, -0.15) is 0 Å². The monoisotopic (exact) mass is 240 g/mol. The molecule has 1 saturated heterocycles. The molecule has 0 spiro atoms. The first kappa shape index (κ1) is 12.3. The maximum atomic E-state index is 11.9. The minimum absolute atomic E-state index is 0.0512. The zero-order chi connectivity index (χ0) is 12.6. The molecule has 1 aliphatic carbocycles. The first-order valence-corrected chi connectivity index (χ1v) is 6.03. The first-order valence-electron chi connectivity index (χ1n) is 6.03. The van der Waals surface area contributed by atoms with Crippen LogP contribution in [-0.4, -0.2) is 42.5 Å². The first-order chi connectivity index (χ1) is 7.94. The van der Waals surface area contributed by atoms with Gasteiger partial charge in [0, 0.05) is 13.1 Å². The molecule has 2 rings (SSSR count). The van der Waals surface area contributed by atoms with E-state index in [0.29, 0.717) is 5.92 Å². The summed E-state index contributed by atoms with van der Waals surface area (Å²) >= 11 is 0. The molecule has 1 aliphatic heterocycles. The predicted octanol–water partition coefficient (Wildman–Crippen LogP) is -1.68. The Kier molecular flexibility index (Phi) is 3.09. The van der Waals surface area contributed by atoms with E-state index < -0.39 is 12.1 Å². The van der Waals surface area contributed by atoms with Crippen molar-refractivity contribution in [3.05, 3.63) is 0 Å². The molecule has 2 aliphatic rings. The average Bonchev–Trinajstić information content (AvgIpc) is 2.79. The summed E-state index contributed by atoms with van der Waals surface area (Å²) in [5, 5.41) is 8.85. The number of piperidine rings is 1. The van der Waals surface area contributed by atoms with Crippen molar-refractivity contribution in [1.82, 2.24) is 16.0 Å². The number of hydrogen-bond acceptors (Lipinski definition) is 4. The van der Waals surface area contributed by atoms with Gasteiger partial charge in [-0.05, 0) is 26.2 Å². The summed E-state index contributed by atoms with van der Waals surface area (Å²) in [6.45, 7) is 5.07. The van der Waals surface area contributed by atoms with Crippen LogP contribution in [-0.2, 0) is 9.59 Å². The quantitative estimate of drug-likeness (QED) is 0.472. The number of hydrogen-bond donors (Lipinski definition) is 4. The Bertz CT molecular complexity index is 344. The molecule has 0 radical (unpaired) electrons. The van der Waals surface area contributed by atoms with Crippen molar-refractivity contribution in [2.24, 2.45) is 11.7 Å². The maximum Gasteiger partial charge on any atom is 0.242 e. The molecule has 6 nitrogen and oxygen atoms in total. The molecule has 2 fully saturated rings. The molecule has 0 aromatic carbocycles. The van der Waals surface area contributed by atoms with E-state index in [0.717, 1.165) is 19.5 Å². The minimum Gasteiger partial charge on any atom is -0.347 e. The van der Waals surface area contributed by atoms with Crippen LogP contribution in [0.1, 0.15) is 20.3 Å². The Morgan fingerprint density at radius 3 is 2.59 bits per heavy atom. The molecular weight excluding hydrogens is 220 g/mol. The molecular formula is C11H20N4O2. The molecule has 2 amide bonds. The normalized spacial score (nSPS) is 33.5. The van der Waals surface area contributed by atoms with E-state index in [1.54, 1.807) is 13.8 Å². The second-order valence-electron chi connectivity index (χ2n) is 5.20. The van der Waals surface area contributed by atoms with E-state index in [9.17, 15) is 9.59 Å². The Morgan fingerprint density at radius 2 is 2.12 bits per heavy atom. The van der Waals surface area contributed by atoms with Gasteiger partial charge in [-0.1, -0.05) is 0 Å². The Labute approximate surface area is 101 Å². The van der Waals surface area contributed by atoms with Crippen LogP contribution in [0, 0.1) is 5.92 Å². The highest BCUT2D eigenvalue weighted by Crippen LogP contribution is 2.45. The van der Waals surface area contributed by atoms with Gasteiger partial charge in [-0.3, -0.25) is 9.59 Å². The van der Waals surface area contributed by atoms with E-state index in [4.69, 9.17) is 5.73 Å². The summed E-state index contributed by atoms with van der Waals surface area (Å²) < 4.78 is 0. The van der Waals surface area contributed by atoms with Crippen LogP contribution in [0.25, 0.3) is 0 Å². The fourth-order valence-electron chi connectivity index (χ4n) is 2.30. The Morgan fingerprint density at radius 1 is 1.41 bits per heavy atom. The zero-order valence-electron chi connectivity index (χ0n) is 10.2. The minimum atomic E-state index is -0.592. The highest BCUT2D eigenvalue weighted by Gasteiger charge is 2.58. The fourth-order valence-corrected chi connectivity index (χ4v) is 2.30. The summed E-state index contributed by atoms with van der Waals surface area (Å²) in [7, 11) is 0. The van der Waals surface area contributed by atoms with Crippen molar-refractivity contribution >= 4 is 11.8 Å². The Hall–Kier alpha value is -1.14. The molecule has 4 atom stereocenters. The van der Waals surface area contributed by atoms with Crippen LogP contribution in [0.5, 0.6) is 0 Å². The van der Waals surface area contributed by atoms with Gasteiger partial charge in [0.05, 0.1) is 11.6 Å². The number of rotatable bonds is 4. The predicted molar refractivity (Wildman–Crippen MR) is 63.1 cm³/mol. The van der Waals surface area contributed by atoms with Gasteiger partial charge in [0.25, 0.3) is 0 Å². The highest BCUT2D eigenvalue weighted by molar-refractivity contribution is 5.89. The third kappa shape index (κ3) is 2.42. The Balaban J connectivity index is 1.82. The lowest BCUT2D eigenvalue weighted by molar-refractivity contribution is -0.129. The van der Waals surface area contributed by atoms with Crippen LogP contribution >= 0.6 is 0 Å². The summed E-state index contributed by atoms with van der Waals surface area (Å²) in [6.07, 6.45) is 1.04. The van der Waals surface area contributed by atoms with E-state index >= 15 is 0 Å². The van der Waals surface area contributed by atoms with E-state index in [-0.39, 0.29) is 17.4 Å². The lowest BCUT2D eigenvalue weighted by Gasteiger charge is -2.20. The van der Waals surface area contributed by atoms with E-state index in [1.807, 2.05) is 0 Å². The third-order valence-electron chi connectivity index (χ3n) is 3.60. The van der Waals surface area contributed by atoms with Crippen molar-refractivity contribution in [1.29, 1.82) is 0 Å². The summed E-state index contributed by atoms with van der Waals surface area (Å²) in [6, 6.07) is -1.13. The van der Waals surface area contributed by atoms with Gasteiger partial charge in [-0.25, -0.2) is 0 Å². The molecule has 0 aromatic rings. The smallest absolute Gasteiger partial charge is 0.242 e. The van der Waals surface area contributed by atoms with Crippen molar-refractivity contribution in [2.75, 3.05) is 13.1 Å².